The fourth-order valence-electron chi connectivity index (χ4n) is 1.24. The fraction of sp³-hybridized carbons (Fsp3) is 0.100. The van der Waals surface area contributed by atoms with Crippen LogP contribution >= 0.6 is 0 Å². The highest BCUT2D eigenvalue weighted by atomic mass is 16.3. The third-order valence-corrected chi connectivity index (χ3v) is 1.95. The first-order valence-electron chi connectivity index (χ1n) is 4.59. The lowest BCUT2D eigenvalue weighted by atomic mass is 10.2. The Kier molecular flexibility index (Phi) is 2.55. The van der Waals surface area contributed by atoms with Crippen molar-refractivity contribution in [3.63, 3.8) is 0 Å². The maximum absolute atomic E-state index is 11.7. The number of aromatic nitrogens is 3. The molecule has 0 spiro atoms. The van der Waals surface area contributed by atoms with Crippen molar-refractivity contribution in [2.45, 2.75) is 0 Å². The zero-order valence-electron chi connectivity index (χ0n) is 8.58. The zero-order chi connectivity index (χ0) is 11.5. The predicted molar refractivity (Wildman–Crippen MR) is 57.1 cm³/mol. The molecule has 0 saturated carbocycles. The van der Waals surface area contributed by atoms with Crippen LogP contribution < -0.4 is 5.32 Å². The summed E-state index contributed by atoms with van der Waals surface area (Å²) in [6, 6.07) is 1.35. The number of rotatable bonds is 2. The van der Waals surface area contributed by atoms with E-state index in [2.05, 4.69) is 15.4 Å². The molecular formula is C10H10N4O2. The Balaban J connectivity index is 2.14. The Labute approximate surface area is 91.6 Å². The van der Waals surface area contributed by atoms with Gasteiger partial charge in [-0.15, -0.1) is 0 Å². The third-order valence-electron chi connectivity index (χ3n) is 1.95. The van der Waals surface area contributed by atoms with E-state index >= 15 is 0 Å². The molecule has 1 amide bonds. The molecule has 16 heavy (non-hydrogen) atoms. The second-order valence-corrected chi connectivity index (χ2v) is 3.29. The molecule has 0 aromatic carbocycles. The van der Waals surface area contributed by atoms with E-state index in [1.807, 2.05) is 0 Å². The number of carbonyl (C=O) groups excluding carboxylic acids is 1. The van der Waals surface area contributed by atoms with Gasteiger partial charge in [0.15, 0.2) is 0 Å². The summed E-state index contributed by atoms with van der Waals surface area (Å²) in [5.74, 6) is -0.379. The quantitative estimate of drug-likeness (QED) is 0.780. The van der Waals surface area contributed by atoms with E-state index in [1.165, 1.54) is 24.7 Å². The average molecular weight is 218 g/mol. The maximum atomic E-state index is 11.7. The summed E-state index contributed by atoms with van der Waals surface area (Å²) in [4.78, 5) is 15.4. The highest BCUT2D eigenvalue weighted by Crippen LogP contribution is 2.11. The topological polar surface area (TPSA) is 80.0 Å². The van der Waals surface area contributed by atoms with Crippen LogP contribution in [0.4, 0.5) is 5.69 Å². The minimum Gasteiger partial charge on any atom is -0.506 e. The van der Waals surface area contributed by atoms with Gasteiger partial charge in [0.2, 0.25) is 0 Å². The summed E-state index contributed by atoms with van der Waals surface area (Å²) in [6.45, 7) is 0. The van der Waals surface area contributed by atoms with Gasteiger partial charge in [0.1, 0.15) is 5.75 Å². The highest BCUT2D eigenvalue weighted by molar-refractivity contribution is 6.04. The lowest BCUT2D eigenvalue weighted by Crippen LogP contribution is -2.11. The first-order valence-corrected chi connectivity index (χ1v) is 4.59. The van der Waals surface area contributed by atoms with E-state index in [-0.39, 0.29) is 11.7 Å². The van der Waals surface area contributed by atoms with Crippen molar-refractivity contribution in [3.05, 3.63) is 36.4 Å². The molecule has 0 aliphatic heterocycles. The van der Waals surface area contributed by atoms with Crippen molar-refractivity contribution in [2.75, 3.05) is 5.32 Å². The van der Waals surface area contributed by atoms with Gasteiger partial charge in [-0.3, -0.25) is 14.5 Å². The van der Waals surface area contributed by atoms with E-state index in [9.17, 15) is 9.90 Å². The van der Waals surface area contributed by atoms with E-state index in [4.69, 9.17) is 0 Å². The van der Waals surface area contributed by atoms with E-state index in [1.54, 1.807) is 17.9 Å². The standard InChI is InChI=1S/C10H10N4O2/c1-14-6-8(4-12-14)13-10(16)7-2-9(15)5-11-3-7/h2-6,15H,1H3,(H,13,16). The molecule has 0 saturated heterocycles. The number of amides is 1. The van der Waals surface area contributed by atoms with Crippen LogP contribution in [0, 0.1) is 0 Å². The van der Waals surface area contributed by atoms with E-state index in [0.717, 1.165) is 0 Å². The minimum atomic E-state index is -0.337. The Morgan fingerprint density at radius 2 is 2.25 bits per heavy atom. The van der Waals surface area contributed by atoms with Crippen LogP contribution in [-0.4, -0.2) is 25.8 Å². The molecule has 0 aliphatic carbocycles. The van der Waals surface area contributed by atoms with Crippen molar-refractivity contribution in [1.29, 1.82) is 0 Å². The summed E-state index contributed by atoms with van der Waals surface area (Å²) in [5, 5.41) is 15.7. The second-order valence-electron chi connectivity index (χ2n) is 3.29. The van der Waals surface area contributed by atoms with Crippen LogP contribution in [0.25, 0.3) is 0 Å². The maximum Gasteiger partial charge on any atom is 0.257 e. The fourth-order valence-corrected chi connectivity index (χ4v) is 1.24. The number of hydrogen-bond donors (Lipinski definition) is 2. The molecule has 6 nitrogen and oxygen atoms in total. The monoisotopic (exact) mass is 218 g/mol. The number of aromatic hydroxyl groups is 1. The van der Waals surface area contributed by atoms with Crippen molar-refractivity contribution >= 4 is 11.6 Å². The molecule has 2 rings (SSSR count). The first kappa shape index (κ1) is 10.2. The largest absolute Gasteiger partial charge is 0.506 e. The number of nitrogens with zero attached hydrogens (tertiary/aromatic N) is 3. The Hall–Kier alpha value is -2.37. The molecule has 2 N–H and O–H groups in total. The highest BCUT2D eigenvalue weighted by Gasteiger charge is 2.07. The Morgan fingerprint density at radius 1 is 1.44 bits per heavy atom. The number of pyridine rings is 1. The summed E-state index contributed by atoms with van der Waals surface area (Å²) < 4.78 is 1.58. The molecule has 0 atom stereocenters. The number of hydrogen-bond acceptors (Lipinski definition) is 4. The van der Waals surface area contributed by atoms with Gasteiger partial charge in [-0.2, -0.15) is 5.10 Å². The van der Waals surface area contributed by atoms with Gasteiger partial charge in [-0.05, 0) is 6.07 Å². The SMILES string of the molecule is Cn1cc(NC(=O)c2cncc(O)c2)cn1. The van der Waals surface area contributed by atoms with E-state index < -0.39 is 0 Å². The molecule has 0 bridgehead atoms. The van der Waals surface area contributed by atoms with Crippen LogP contribution in [-0.2, 0) is 7.05 Å². The van der Waals surface area contributed by atoms with Crippen LogP contribution in [0.3, 0.4) is 0 Å². The lowest BCUT2D eigenvalue weighted by Gasteiger charge is -2.01. The van der Waals surface area contributed by atoms with E-state index in [0.29, 0.717) is 11.3 Å². The molecule has 2 heterocycles. The molecule has 82 valence electrons. The predicted octanol–water partition coefficient (Wildman–Crippen LogP) is 0.773. The van der Waals surface area contributed by atoms with Gasteiger partial charge < -0.3 is 10.4 Å². The summed E-state index contributed by atoms with van der Waals surface area (Å²) >= 11 is 0. The first-order chi connectivity index (χ1) is 7.65. The number of anilines is 1. The molecule has 0 radical (unpaired) electrons. The number of carbonyl (C=O) groups is 1. The number of aryl methyl sites for hydroxylation is 1. The summed E-state index contributed by atoms with van der Waals surface area (Å²) in [6.07, 6.45) is 5.86. The molecule has 6 heteroatoms. The zero-order valence-corrected chi connectivity index (χ0v) is 8.58. The van der Waals surface area contributed by atoms with Gasteiger partial charge >= 0.3 is 0 Å². The molecule has 2 aromatic rings. The minimum absolute atomic E-state index is 0.0427. The van der Waals surface area contributed by atoms with Crippen LogP contribution in [0.2, 0.25) is 0 Å². The van der Waals surface area contributed by atoms with Crippen LogP contribution in [0.15, 0.2) is 30.9 Å². The lowest BCUT2D eigenvalue weighted by molar-refractivity contribution is 0.102. The smallest absolute Gasteiger partial charge is 0.257 e. The Bertz CT molecular complexity index is 521. The van der Waals surface area contributed by atoms with Crippen molar-refractivity contribution in [3.8, 4) is 5.75 Å². The second kappa shape index (κ2) is 4.01. The molecular weight excluding hydrogens is 208 g/mol. The van der Waals surface area contributed by atoms with Gasteiger partial charge in [-0.25, -0.2) is 0 Å². The van der Waals surface area contributed by atoms with Crippen molar-refractivity contribution < 1.29 is 9.90 Å². The summed E-state index contributed by atoms with van der Waals surface area (Å²) in [5.41, 5.74) is 0.889. The Morgan fingerprint density at radius 3 is 2.88 bits per heavy atom. The molecule has 0 aliphatic rings. The van der Waals surface area contributed by atoms with Crippen molar-refractivity contribution in [2.24, 2.45) is 7.05 Å². The van der Waals surface area contributed by atoms with Crippen LogP contribution in [0.5, 0.6) is 5.75 Å². The average Bonchev–Trinajstić information content (AvgIpc) is 2.64. The van der Waals surface area contributed by atoms with Crippen LogP contribution in [0.1, 0.15) is 10.4 Å². The molecule has 0 unspecified atom stereocenters. The van der Waals surface area contributed by atoms with Crippen molar-refractivity contribution in [1.82, 2.24) is 14.8 Å². The van der Waals surface area contributed by atoms with Gasteiger partial charge in [-0.1, -0.05) is 0 Å². The van der Waals surface area contributed by atoms with Gasteiger partial charge in [0.05, 0.1) is 23.6 Å². The summed E-state index contributed by atoms with van der Waals surface area (Å²) in [7, 11) is 1.76. The molecule has 0 fully saturated rings. The third kappa shape index (κ3) is 2.17. The van der Waals surface area contributed by atoms with Gasteiger partial charge in [0, 0.05) is 19.4 Å². The molecule has 2 aromatic heterocycles. The normalized spacial score (nSPS) is 10.1. The van der Waals surface area contributed by atoms with Gasteiger partial charge in [0.25, 0.3) is 5.91 Å². The number of nitrogens with one attached hydrogen (secondary N) is 1.